The molecule has 92 valence electrons. The minimum absolute atomic E-state index is 1.00. The van der Waals surface area contributed by atoms with Crippen LogP contribution in [0.4, 0.5) is 5.69 Å². The molecule has 4 heteroatoms. The number of hydrogen-bond acceptors (Lipinski definition) is 3. The first-order valence-corrected chi connectivity index (χ1v) is 8.44. The normalized spacial score (nSPS) is 15.1. The Morgan fingerprint density at radius 2 is 1.56 bits per heavy atom. The Bertz CT molecular complexity index is 532. The van der Waals surface area contributed by atoms with Gasteiger partial charge < -0.3 is 4.90 Å². The van der Waals surface area contributed by atoms with Crippen molar-refractivity contribution < 1.29 is 0 Å². The smallest absolute Gasteiger partial charge is 0.0694 e. The van der Waals surface area contributed by atoms with Crippen LogP contribution in [0.5, 0.6) is 0 Å². The number of benzene rings is 2. The van der Waals surface area contributed by atoms with Crippen LogP contribution in [0.1, 0.15) is 0 Å². The Labute approximate surface area is 124 Å². The van der Waals surface area contributed by atoms with Crippen LogP contribution in [0.25, 0.3) is 0 Å². The van der Waals surface area contributed by atoms with Gasteiger partial charge in [0, 0.05) is 20.0 Å². The maximum absolute atomic E-state index is 3.54. The number of hydrogen-bond donors (Lipinski definition) is 0. The molecule has 18 heavy (non-hydrogen) atoms. The number of rotatable bonds is 1. The molecule has 0 aromatic heterocycles. The van der Waals surface area contributed by atoms with E-state index < -0.39 is 0 Å². The van der Waals surface area contributed by atoms with Gasteiger partial charge in [-0.1, -0.05) is 34.1 Å². The second-order valence-electron chi connectivity index (χ2n) is 4.01. The maximum atomic E-state index is 3.54. The van der Waals surface area contributed by atoms with E-state index in [4.69, 9.17) is 0 Å². The summed E-state index contributed by atoms with van der Waals surface area (Å²) in [5, 5.41) is 0. The third-order valence-electron chi connectivity index (χ3n) is 2.77. The zero-order valence-electron chi connectivity index (χ0n) is 9.67. The lowest BCUT2D eigenvalue weighted by Gasteiger charge is -2.21. The fourth-order valence-electron chi connectivity index (χ4n) is 1.84. The molecular weight excluding hydrogens is 326 g/mol. The fraction of sp³-hybridized carbons (Fsp3) is 0.143. The van der Waals surface area contributed by atoms with E-state index in [1.54, 1.807) is 0 Å². The van der Waals surface area contributed by atoms with E-state index in [0.717, 1.165) is 16.2 Å². The molecule has 2 aromatic rings. The van der Waals surface area contributed by atoms with Gasteiger partial charge in [-0.05, 0) is 30.3 Å². The van der Waals surface area contributed by atoms with E-state index in [-0.39, 0.29) is 0 Å². The molecule has 0 amide bonds. The SMILES string of the molecule is Brc1cccc(N2CSc3ccccc3SC2)c1. The van der Waals surface area contributed by atoms with Gasteiger partial charge in [0.1, 0.15) is 0 Å². The first kappa shape index (κ1) is 12.5. The second kappa shape index (κ2) is 5.59. The average molecular weight is 338 g/mol. The van der Waals surface area contributed by atoms with Crippen LogP contribution in [0.2, 0.25) is 0 Å². The van der Waals surface area contributed by atoms with Gasteiger partial charge in [-0.2, -0.15) is 0 Å². The van der Waals surface area contributed by atoms with Crippen molar-refractivity contribution in [1.29, 1.82) is 0 Å². The largest absolute Gasteiger partial charge is 0.352 e. The molecule has 2 aromatic carbocycles. The van der Waals surface area contributed by atoms with Crippen molar-refractivity contribution in [3.05, 3.63) is 53.0 Å². The molecule has 0 radical (unpaired) electrons. The zero-order chi connectivity index (χ0) is 12.4. The Morgan fingerprint density at radius 3 is 2.17 bits per heavy atom. The maximum Gasteiger partial charge on any atom is 0.0694 e. The topological polar surface area (TPSA) is 3.24 Å². The van der Waals surface area contributed by atoms with Crippen molar-refractivity contribution >= 4 is 45.1 Å². The van der Waals surface area contributed by atoms with Crippen molar-refractivity contribution in [2.24, 2.45) is 0 Å². The van der Waals surface area contributed by atoms with E-state index in [2.05, 4.69) is 69.4 Å². The lowest BCUT2D eigenvalue weighted by molar-refractivity contribution is 1.07. The molecule has 0 spiro atoms. The quantitative estimate of drug-likeness (QED) is 0.715. The third kappa shape index (κ3) is 2.71. The van der Waals surface area contributed by atoms with Gasteiger partial charge in [-0.15, -0.1) is 23.5 Å². The van der Waals surface area contributed by atoms with E-state index in [0.29, 0.717) is 0 Å². The lowest BCUT2D eigenvalue weighted by atomic mass is 10.3. The predicted molar refractivity (Wildman–Crippen MR) is 84.5 cm³/mol. The number of halogens is 1. The molecule has 0 unspecified atom stereocenters. The standard InChI is InChI=1S/C14H12BrNS2/c15-11-4-3-5-12(8-11)16-9-17-13-6-1-2-7-14(13)18-10-16/h1-8H,9-10H2. The highest BCUT2D eigenvalue weighted by molar-refractivity contribution is 9.10. The molecule has 0 N–H and O–H groups in total. The summed E-state index contributed by atoms with van der Waals surface area (Å²) in [5.74, 6) is 2.00. The van der Waals surface area contributed by atoms with Crippen molar-refractivity contribution in [3.63, 3.8) is 0 Å². The van der Waals surface area contributed by atoms with Crippen molar-refractivity contribution in [2.75, 3.05) is 16.7 Å². The van der Waals surface area contributed by atoms with E-state index in [1.807, 2.05) is 23.5 Å². The summed E-state index contributed by atoms with van der Waals surface area (Å²) in [4.78, 5) is 5.18. The van der Waals surface area contributed by atoms with Crippen LogP contribution >= 0.6 is 39.5 Å². The predicted octanol–water partition coefficient (Wildman–Crippen LogP) is 5.07. The Balaban J connectivity index is 1.83. The van der Waals surface area contributed by atoms with Crippen LogP contribution in [-0.2, 0) is 0 Å². The van der Waals surface area contributed by atoms with Crippen LogP contribution in [0.15, 0.2) is 62.8 Å². The molecule has 0 saturated heterocycles. The van der Waals surface area contributed by atoms with E-state index in [1.165, 1.54) is 15.5 Å². The first-order chi connectivity index (χ1) is 8.83. The number of nitrogens with zero attached hydrogens (tertiary/aromatic N) is 1. The third-order valence-corrected chi connectivity index (χ3v) is 5.61. The van der Waals surface area contributed by atoms with Gasteiger partial charge in [0.2, 0.25) is 0 Å². The van der Waals surface area contributed by atoms with Crippen molar-refractivity contribution in [1.82, 2.24) is 0 Å². The summed E-state index contributed by atoms with van der Waals surface area (Å²) in [6, 6.07) is 17.1. The molecule has 0 fully saturated rings. The monoisotopic (exact) mass is 337 g/mol. The minimum atomic E-state index is 1.00. The minimum Gasteiger partial charge on any atom is -0.352 e. The summed E-state index contributed by atoms with van der Waals surface area (Å²) in [7, 11) is 0. The summed E-state index contributed by atoms with van der Waals surface area (Å²) in [6.45, 7) is 0. The van der Waals surface area contributed by atoms with Crippen molar-refractivity contribution in [3.8, 4) is 0 Å². The zero-order valence-corrected chi connectivity index (χ0v) is 12.9. The molecule has 1 aliphatic heterocycles. The number of anilines is 1. The van der Waals surface area contributed by atoms with Gasteiger partial charge >= 0.3 is 0 Å². The molecule has 1 aliphatic rings. The van der Waals surface area contributed by atoms with Gasteiger partial charge in [-0.3, -0.25) is 0 Å². The van der Waals surface area contributed by atoms with E-state index in [9.17, 15) is 0 Å². The summed E-state index contributed by atoms with van der Waals surface area (Å²) >= 11 is 7.35. The summed E-state index contributed by atoms with van der Waals surface area (Å²) < 4.78 is 1.14. The first-order valence-electron chi connectivity index (χ1n) is 5.68. The molecule has 0 atom stereocenters. The van der Waals surface area contributed by atoms with Gasteiger partial charge in [0.15, 0.2) is 0 Å². The van der Waals surface area contributed by atoms with Crippen molar-refractivity contribution in [2.45, 2.75) is 9.79 Å². The highest BCUT2D eigenvalue weighted by atomic mass is 79.9. The molecule has 3 rings (SSSR count). The highest BCUT2D eigenvalue weighted by Gasteiger charge is 2.14. The summed E-state index contributed by atoms with van der Waals surface area (Å²) in [6.07, 6.45) is 0. The van der Waals surface area contributed by atoms with Crippen LogP contribution in [0, 0.1) is 0 Å². The van der Waals surface area contributed by atoms with E-state index >= 15 is 0 Å². The molecule has 1 heterocycles. The van der Waals surface area contributed by atoms with Gasteiger partial charge in [0.25, 0.3) is 0 Å². The fourth-order valence-corrected chi connectivity index (χ4v) is 4.54. The second-order valence-corrected chi connectivity index (χ2v) is 6.90. The van der Waals surface area contributed by atoms with Gasteiger partial charge in [-0.25, -0.2) is 0 Å². The molecule has 0 saturated carbocycles. The Morgan fingerprint density at radius 1 is 0.889 bits per heavy atom. The number of thioether (sulfide) groups is 2. The van der Waals surface area contributed by atoms with Crippen LogP contribution < -0.4 is 4.90 Å². The average Bonchev–Trinajstić information content (AvgIpc) is 2.61. The Hall–Kier alpha value is -0.580. The van der Waals surface area contributed by atoms with Crippen LogP contribution in [0.3, 0.4) is 0 Å². The number of fused-ring (bicyclic) bond motifs is 1. The molecular formula is C14H12BrNS2. The molecule has 0 bridgehead atoms. The summed E-state index contributed by atoms with van der Waals surface area (Å²) in [5.41, 5.74) is 1.28. The Kier molecular flexibility index (Phi) is 3.87. The highest BCUT2D eigenvalue weighted by Crippen LogP contribution is 2.37. The van der Waals surface area contributed by atoms with Crippen LogP contribution in [-0.4, -0.2) is 11.8 Å². The van der Waals surface area contributed by atoms with Gasteiger partial charge in [0.05, 0.1) is 11.8 Å². The molecule has 1 nitrogen and oxygen atoms in total. The molecule has 0 aliphatic carbocycles. The lowest BCUT2D eigenvalue weighted by Crippen LogP contribution is -2.20.